The van der Waals surface area contributed by atoms with Gasteiger partial charge in [-0.05, 0) is 39.5 Å². The molecule has 0 aromatic heterocycles. The molecule has 138 valence electrons. The first-order valence-electron chi connectivity index (χ1n) is 8.78. The van der Waals surface area contributed by atoms with Crippen LogP contribution in [0.3, 0.4) is 0 Å². The molecule has 0 spiro atoms. The molecule has 1 saturated heterocycles. The lowest BCUT2D eigenvalue weighted by molar-refractivity contribution is -0.469. The van der Waals surface area contributed by atoms with Crippen molar-refractivity contribution in [2.75, 3.05) is 14.2 Å². The van der Waals surface area contributed by atoms with E-state index >= 15 is 0 Å². The number of hydrogen-bond acceptors (Lipinski definition) is 5. The van der Waals surface area contributed by atoms with Crippen LogP contribution < -0.4 is 0 Å². The molecule has 0 radical (unpaired) electrons. The summed E-state index contributed by atoms with van der Waals surface area (Å²) in [5, 5.41) is 0. The third-order valence-electron chi connectivity index (χ3n) is 4.47. The molecule has 0 saturated carbocycles. The fourth-order valence-corrected chi connectivity index (χ4v) is 2.83. The molecule has 1 fully saturated rings. The summed E-state index contributed by atoms with van der Waals surface area (Å²) in [6, 6.07) is 0. The molecule has 2 unspecified atom stereocenters. The maximum Gasteiger partial charge on any atom is 0.311 e. The zero-order valence-corrected chi connectivity index (χ0v) is 15.7. The van der Waals surface area contributed by atoms with Crippen LogP contribution in [-0.4, -0.2) is 32.1 Å². The van der Waals surface area contributed by atoms with E-state index in [1.807, 2.05) is 0 Å². The largest absolute Gasteiger partial charge is 0.469 e. The van der Waals surface area contributed by atoms with Gasteiger partial charge >= 0.3 is 5.97 Å². The maximum atomic E-state index is 11.6. The fourth-order valence-electron chi connectivity index (χ4n) is 2.83. The van der Waals surface area contributed by atoms with Crippen molar-refractivity contribution in [3.05, 3.63) is 23.8 Å². The lowest BCUT2D eigenvalue weighted by Crippen LogP contribution is -2.44. The summed E-state index contributed by atoms with van der Waals surface area (Å²) in [5.41, 5.74) is 1.29. The number of rotatable bonds is 9. The third kappa shape index (κ3) is 6.38. The van der Waals surface area contributed by atoms with Gasteiger partial charge in [-0.25, -0.2) is 9.78 Å². The van der Waals surface area contributed by atoms with Crippen molar-refractivity contribution in [1.82, 2.24) is 0 Å². The van der Waals surface area contributed by atoms with Gasteiger partial charge in [0.05, 0.1) is 13.0 Å². The first-order chi connectivity index (χ1) is 11.5. The summed E-state index contributed by atoms with van der Waals surface area (Å²) in [7, 11) is 3.02. The Kier molecular flexibility index (Phi) is 9.26. The third-order valence-corrected chi connectivity index (χ3v) is 4.47. The molecule has 0 amide bonds. The van der Waals surface area contributed by atoms with Crippen molar-refractivity contribution in [3.8, 4) is 0 Å². The predicted octanol–water partition coefficient (Wildman–Crippen LogP) is 4.33. The van der Waals surface area contributed by atoms with Crippen molar-refractivity contribution in [3.63, 3.8) is 0 Å². The molecular weight excluding hydrogens is 308 g/mol. The maximum absolute atomic E-state index is 11.6. The van der Waals surface area contributed by atoms with Crippen LogP contribution in [0.2, 0.25) is 0 Å². The molecule has 1 rings (SSSR count). The Bertz CT molecular complexity index is 433. The van der Waals surface area contributed by atoms with Crippen LogP contribution in [0.4, 0.5) is 0 Å². The second kappa shape index (κ2) is 10.6. The number of ether oxygens (including phenoxy) is 2. The molecule has 1 aliphatic rings. The number of carbonyl (C=O) groups excluding carboxylic acids is 1. The first kappa shape index (κ1) is 20.9. The van der Waals surface area contributed by atoms with Crippen LogP contribution in [0, 0.1) is 5.92 Å². The highest BCUT2D eigenvalue weighted by Crippen LogP contribution is 2.34. The van der Waals surface area contributed by atoms with Crippen molar-refractivity contribution in [2.45, 2.75) is 71.2 Å². The number of hydrogen-bond donors (Lipinski definition) is 0. The van der Waals surface area contributed by atoms with Gasteiger partial charge in [0.25, 0.3) is 0 Å². The minimum absolute atomic E-state index is 0.283. The Hall–Kier alpha value is -1.17. The van der Waals surface area contributed by atoms with Crippen molar-refractivity contribution in [2.24, 2.45) is 5.92 Å². The molecule has 3 atom stereocenters. The zero-order valence-electron chi connectivity index (χ0n) is 15.7. The van der Waals surface area contributed by atoms with Gasteiger partial charge < -0.3 is 9.47 Å². The van der Waals surface area contributed by atoms with Gasteiger partial charge in [0, 0.05) is 20.0 Å². The Balaban J connectivity index is 2.41. The summed E-state index contributed by atoms with van der Waals surface area (Å²) in [4.78, 5) is 22.6. The van der Waals surface area contributed by atoms with Crippen molar-refractivity contribution in [1.29, 1.82) is 0 Å². The molecular formula is C19H32O5. The van der Waals surface area contributed by atoms with E-state index in [4.69, 9.17) is 19.2 Å². The average molecular weight is 340 g/mol. The highest BCUT2D eigenvalue weighted by Gasteiger charge is 2.41. The van der Waals surface area contributed by atoms with Crippen LogP contribution >= 0.6 is 0 Å². The summed E-state index contributed by atoms with van der Waals surface area (Å²) in [5.74, 6) is -1.34. The lowest BCUT2D eigenvalue weighted by atomic mass is 9.94. The number of allylic oxidation sites excluding steroid dienone is 4. The fraction of sp³-hybridized carbons (Fsp3) is 0.737. The zero-order chi connectivity index (χ0) is 18.0. The standard InChI is InChI=1S/C19H32O5/c1-6-10-15(2)11-8-7-9-13-19(22-5)14-12-17(23-24-19)16(3)18(20)21-4/h8,10-11,16-17H,6-7,9,12-14H2,1-5H3/b11-8+,15-10+/t16-,17?,19?/m1/s1. The van der Waals surface area contributed by atoms with Gasteiger partial charge in [-0.2, -0.15) is 0 Å². The highest BCUT2D eigenvalue weighted by molar-refractivity contribution is 5.72. The molecule has 5 heteroatoms. The Morgan fingerprint density at radius 3 is 2.71 bits per heavy atom. The molecule has 5 nitrogen and oxygen atoms in total. The van der Waals surface area contributed by atoms with Crippen LogP contribution in [-0.2, 0) is 24.0 Å². The van der Waals surface area contributed by atoms with E-state index < -0.39 is 5.79 Å². The normalized spacial score (nSPS) is 26.5. The van der Waals surface area contributed by atoms with Gasteiger partial charge in [-0.15, -0.1) is 0 Å². The average Bonchev–Trinajstić information content (AvgIpc) is 2.61. The van der Waals surface area contributed by atoms with Gasteiger partial charge in [0.1, 0.15) is 6.10 Å². The Morgan fingerprint density at radius 2 is 2.17 bits per heavy atom. The molecule has 1 heterocycles. The number of esters is 1. The van der Waals surface area contributed by atoms with E-state index in [0.29, 0.717) is 12.8 Å². The summed E-state index contributed by atoms with van der Waals surface area (Å²) in [6.07, 6.45) is 11.4. The van der Waals surface area contributed by atoms with Gasteiger partial charge in [0.2, 0.25) is 5.79 Å². The monoisotopic (exact) mass is 340 g/mol. The molecule has 0 bridgehead atoms. The second-order valence-electron chi connectivity index (χ2n) is 6.33. The SMILES string of the molecule is CC/C=C(C)/C=C/CCCC1(OC)CCC([C@@H](C)C(=O)OC)OO1. The summed E-state index contributed by atoms with van der Waals surface area (Å²) < 4.78 is 10.3. The molecule has 0 N–H and O–H groups in total. The second-order valence-corrected chi connectivity index (χ2v) is 6.33. The smallest absolute Gasteiger partial charge is 0.311 e. The first-order valence-corrected chi connectivity index (χ1v) is 8.78. The minimum atomic E-state index is -0.714. The van der Waals surface area contributed by atoms with E-state index in [2.05, 4.69) is 32.1 Å². The van der Waals surface area contributed by atoms with E-state index in [9.17, 15) is 4.79 Å². The predicted molar refractivity (Wildman–Crippen MR) is 93.2 cm³/mol. The molecule has 1 aliphatic heterocycles. The topological polar surface area (TPSA) is 54.0 Å². The minimum Gasteiger partial charge on any atom is -0.469 e. The quantitative estimate of drug-likeness (QED) is 0.271. The molecule has 0 aliphatic carbocycles. The van der Waals surface area contributed by atoms with E-state index in [1.165, 1.54) is 12.7 Å². The lowest BCUT2D eigenvalue weighted by Gasteiger charge is -2.38. The van der Waals surface area contributed by atoms with E-state index in [-0.39, 0.29) is 18.0 Å². The van der Waals surface area contributed by atoms with E-state index in [0.717, 1.165) is 25.7 Å². The van der Waals surface area contributed by atoms with Gasteiger partial charge in [-0.3, -0.25) is 4.79 Å². The van der Waals surface area contributed by atoms with Crippen LogP contribution in [0.25, 0.3) is 0 Å². The van der Waals surface area contributed by atoms with Crippen molar-refractivity contribution < 1.29 is 24.0 Å². The van der Waals surface area contributed by atoms with Crippen molar-refractivity contribution >= 4 is 5.97 Å². The van der Waals surface area contributed by atoms with Crippen LogP contribution in [0.15, 0.2) is 23.8 Å². The molecule has 0 aromatic rings. The number of unbranched alkanes of at least 4 members (excludes halogenated alkanes) is 1. The van der Waals surface area contributed by atoms with Crippen LogP contribution in [0.1, 0.15) is 59.3 Å². The number of methoxy groups -OCH3 is 2. The summed E-state index contributed by atoms with van der Waals surface area (Å²) in [6.45, 7) is 6.03. The molecule has 24 heavy (non-hydrogen) atoms. The molecule has 0 aromatic carbocycles. The number of carbonyl (C=O) groups is 1. The Morgan fingerprint density at radius 1 is 1.42 bits per heavy atom. The summed E-state index contributed by atoms with van der Waals surface area (Å²) >= 11 is 0. The van der Waals surface area contributed by atoms with Crippen LogP contribution in [0.5, 0.6) is 0 Å². The van der Waals surface area contributed by atoms with Gasteiger partial charge in [0.15, 0.2) is 0 Å². The Labute approximate surface area is 145 Å². The van der Waals surface area contributed by atoms with Gasteiger partial charge in [-0.1, -0.05) is 30.7 Å². The highest BCUT2D eigenvalue weighted by atomic mass is 17.2. The van der Waals surface area contributed by atoms with E-state index in [1.54, 1.807) is 14.0 Å².